The van der Waals surface area contributed by atoms with Crippen molar-refractivity contribution in [2.45, 2.75) is 45.2 Å². The summed E-state index contributed by atoms with van der Waals surface area (Å²) in [5.74, 6) is -0.00986. The van der Waals surface area contributed by atoms with Gasteiger partial charge in [-0.15, -0.1) is 0 Å². The number of hydrogen-bond acceptors (Lipinski definition) is 3. The van der Waals surface area contributed by atoms with Crippen LogP contribution < -0.4 is 5.73 Å². The minimum absolute atomic E-state index is 0.0687. The van der Waals surface area contributed by atoms with Crippen molar-refractivity contribution in [2.75, 3.05) is 6.54 Å². The lowest BCUT2D eigenvalue weighted by molar-refractivity contribution is -0.138. The summed E-state index contributed by atoms with van der Waals surface area (Å²) in [4.78, 5) is 24.6. The molecule has 1 unspecified atom stereocenters. The van der Waals surface area contributed by atoms with Gasteiger partial charge in [0.05, 0.1) is 12.1 Å². The van der Waals surface area contributed by atoms with Crippen molar-refractivity contribution in [3.05, 3.63) is 0 Å². The summed E-state index contributed by atoms with van der Waals surface area (Å²) in [7, 11) is 0. The Morgan fingerprint density at radius 3 is 2.71 bits per heavy atom. The third-order valence-electron chi connectivity index (χ3n) is 2.76. The quantitative estimate of drug-likeness (QED) is 0.709. The highest BCUT2D eigenvalue weighted by molar-refractivity contribution is 5.90. The zero-order valence-electron chi connectivity index (χ0n) is 8.82. The number of amides is 1. The van der Waals surface area contributed by atoms with E-state index in [0.717, 1.165) is 12.8 Å². The molecule has 4 nitrogen and oxygen atoms in total. The first-order chi connectivity index (χ1) is 6.57. The molecule has 1 fully saturated rings. The van der Waals surface area contributed by atoms with Gasteiger partial charge in [-0.3, -0.25) is 9.59 Å². The van der Waals surface area contributed by atoms with E-state index in [9.17, 15) is 9.59 Å². The molecule has 14 heavy (non-hydrogen) atoms. The first-order valence-corrected chi connectivity index (χ1v) is 5.14. The van der Waals surface area contributed by atoms with Gasteiger partial charge in [-0.2, -0.15) is 0 Å². The molecule has 0 saturated carbocycles. The van der Waals surface area contributed by atoms with Crippen LogP contribution in [0.5, 0.6) is 0 Å². The maximum Gasteiger partial charge on any atom is 0.240 e. The molecule has 1 heterocycles. The van der Waals surface area contributed by atoms with Gasteiger partial charge in [-0.25, -0.2) is 0 Å². The average Bonchev–Trinajstić information content (AvgIpc) is 2.63. The Balaban J connectivity index is 2.67. The summed E-state index contributed by atoms with van der Waals surface area (Å²) in [5.41, 5.74) is 5.66. The van der Waals surface area contributed by atoms with Gasteiger partial charge in [-0.1, -0.05) is 6.92 Å². The largest absolute Gasteiger partial charge is 0.331 e. The van der Waals surface area contributed by atoms with Crippen molar-refractivity contribution in [2.24, 2.45) is 5.73 Å². The lowest BCUT2D eigenvalue weighted by Gasteiger charge is -2.25. The van der Waals surface area contributed by atoms with Crippen molar-refractivity contribution >= 4 is 11.7 Å². The third kappa shape index (κ3) is 2.12. The van der Waals surface area contributed by atoms with Crippen LogP contribution >= 0.6 is 0 Å². The minimum Gasteiger partial charge on any atom is -0.331 e. The van der Waals surface area contributed by atoms with Crippen molar-refractivity contribution in [1.82, 2.24) is 4.90 Å². The smallest absolute Gasteiger partial charge is 0.240 e. The predicted molar refractivity (Wildman–Crippen MR) is 53.7 cm³/mol. The molecule has 0 bridgehead atoms. The zero-order valence-corrected chi connectivity index (χ0v) is 8.82. The van der Waals surface area contributed by atoms with Gasteiger partial charge in [0.2, 0.25) is 5.91 Å². The molecule has 1 amide bonds. The molecule has 1 saturated heterocycles. The van der Waals surface area contributed by atoms with Crippen LogP contribution in [0, 0.1) is 0 Å². The molecule has 0 spiro atoms. The van der Waals surface area contributed by atoms with E-state index in [4.69, 9.17) is 5.73 Å². The van der Waals surface area contributed by atoms with Crippen molar-refractivity contribution in [3.8, 4) is 0 Å². The second-order valence-corrected chi connectivity index (χ2v) is 3.82. The first-order valence-electron chi connectivity index (χ1n) is 5.14. The number of ketones is 1. The Hall–Kier alpha value is -0.900. The molecule has 2 N–H and O–H groups in total. The fourth-order valence-corrected chi connectivity index (χ4v) is 1.84. The number of hydrogen-bond donors (Lipinski definition) is 1. The molecule has 0 aliphatic carbocycles. The molecule has 80 valence electrons. The predicted octanol–water partition coefficient (Wildman–Crippen LogP) is 0.304. The Bertz CT molecular complexity index is 240. The number of nitrogens with two attached hydrogens (primary N) is 1. The van der Waals surface area contributed by atoms with Gasteiger partial charge in [0.25, 0.3) is 0 Å². The van der Waals surface area contributed by atoms with E-state index < -0.39 is 6.04 Å². The van der Waals surface area contributed by atoms with Crippen LogP contribution in [0.1, 0.15) is 33.1 Å². The summed E-state index contributed by atoms with van der Waals surface area (Å²) in [5, 5.41) is 0. The van der Waals surface area contributed by atoms with E-state index in [1.54, 1.807) is 4.90 Å². The second-order valence-electron chi connectivity index (χ2n) is 3.82. The van der Waals surface area contributed by atoms with Gasteiger partial charge < -0.3 is 10.6 Å². The van der Waals surface area contributed by atoms with Crippen LogP contribution in [0.4, 0.5) is 0 Å². The van der Waals surface area contributed by atoms with E-state index in [2.05, 4.69) is 0 Å². The highest BCUT2D eigenvalue weighted by atomic mass is 16.2. The van der Waals surface area contributed by atoms with Gasteiger partial charge >= 0.3 is 0 Å². The molecular formula is C10H18N2O2. The van der Waals surface area contributed by atoms with E-state index in [-0.39, 0.29) is 17.7 Å². The molecule has 1 aliphatic heterocycles. The van der Waals surface area contributed by atoms with Gasteiger partial charge in [-0.05, 0) is 26.2 Å². The summed E-state index contributed by atoms with van der Waals surface area (Å²) in [6.07, 6.45) is 2.32. The second kappa shape index (κ2) is 4.55. The topological polar surface area (TPSA) is 63.4 Å². The fraction of sp³-hybridized carbons (Fsp3) is 0.800. The Kier molecular flexibility index (Phi) is 3.63. The Morgan fingerprint density at radius 1 is 1.57 bits per heavy atom. The van der Waals surface area contributed by atoms with Gasteiger partial charge in [0.1, 0.15) is 0 Å². The Morgan fingerprint density at radius 2 is 2.21 bits per heavy atom. The lowest BCUT2D eigenvalue weighted by Crippen LogP contribution is -2.47. The first kappa shape index (κ1) is 11.2. The SMILES string of the molecule is CCC(N)C(=O)N1CCC[C@@H]1C(C)=O. The third-order valence-corrected chi connectivity index (χ3v) is 2.76. The number of likely N-dealkylation sites (tertiary alicyclic amines) is 1. The molecule has 0 aromatic rings. The summed E-state index contributed by atoms with van der Waals surface area (Å²) < 4.78 is 0. The van der Waals surface area contributed by atoms with E-state index >= 15 is 0 Å². The normalized spacial score (nSPS) is 23.6. The van der Waals surface area contributed by atoms with Crippen LogP contribution in [0.2, 0.25) is 0 Å². The number of carbonyl (C=O) groups is 2. The highest BCUT2D eigenvalue weighted by Gasteiger charge is 2.33. The minimum atomic E-state index is -0.449. The summed E-state index contributed by atoms with van der Waals surface area (Å²) in [6.45, 7) is 4.09. The van der Waals surface area contributed by atoms with Gasteiger partial charge in [0.15, 0.2) is 5.78 Å². The van der Waals surface area contributed by atoms with E-state index in [1.165, 1.54) is 6.92 Å². The number of carbonyl (C=O) groups excluding carboxylic acids is 2. The van der Waals surface area contributed by atoms with Crippen LogP contribution in [0.3, 0.4) is 0 Å². The van der Waals surface area contributed by atoms with Crippen LogP contribution in [-0.4, -0.2) is 35.2 Å². The van der Waals surface area contributed by atoms with Crippen LogP contribution in [0.15, 0.2) is 0 Å². The maximum atomic E-state index is 11.7. The molecule has 4 heteroatoms. The number of nitrogens with zero attached hydrogens (tertiary/aromatic N) is 1. The lowest BCUT2D eigenvalue weighted by atomic mass is 10.1. The number of rotatable bonds is 3. The van der Waals surface area contributed by atoms with Gasteiger partial charge in [0, 0.05) is 6.54 Å². The average molecular weight is 198 g/mol. The van der Waals surface area contributed by atoms with E-state index in [1.807, 2.05) is 6.92 Å². The standard InChI is InChI=1S/C10H18N2O2/c1-3-8(11)10(14)12-6-4-5-9(12)7(2)13/h8-9H,3-6,11H2,1-2H3/t8?,9-/m1/s1. The monoisotopic (exact) mass is 198 g/mol. The van der Waals surface area contributed by atoms with E-state index in [0.29, 0.717) is 13.0 Å². The molecule has 1 aliphatic rings. The van der Waals surface area contributed by atoms with Crippen molar-refractivity contribution < 1.29 is 9.59 Å². The summed E-state index contributed by atoms with van der Waals surface area (Å²) >= 11 is 0. The highest BCUT2D eigenvalue weighted by Crippen LogP contribution is 2.18. The van der Waals surface area contributed by atoms with Crippen molar-refractivity contribution in [3.63, 3.8) is 0 Å². The molecule has 0 aromatic heterocycles. The molecule has 2 atom stereocenters. The number of Topliss-reactive ketones (excluding diaryl/α,β-unsaturated/α-hetero) is 1. The molecule has 0 radical (unpaired) electrons. The molecule has 1 rings (SSSR count). The van der Waals surface area contributed by atoms with Crippen molar-refractivity contribution in [1.29, 1.82) is 0 Å². The van der Waals surface area contributed by atoms with Crippen LogP contribution in [-0.2, 0) is 9.59 Å². The maximum absolute atomic E-state index is 11.7. The molecular weight excluding hydrogens is 180 g/mol. The fourth-order valence-electron chi connectivity index (χ4n) is 1.84. The summed E-state index contributed by atoms with van der Waals surface area (Å²) in [6, 6.07) is -0.671. The Labute approximate surface area is 84.4 Å². The van der Waals surface area contributed by atoms with Crippen LogP contribution in [0.25, 0.3) is 0 Å². The zero-order chi connectivity index (χ0) is 10.7. The molecule has 0 aromatic carbocycles.